The quantitative estimate of drug-likeness (QED) is 0.755. The van der Waals surface area contributed by atoms with Gasteiger partial charge in [-0.05, 0) is 24.3 Å². The molecule has 2 aliphatic heterocycles. The van der Waals surface area contributed by atoms with Gasteiger partial charge in [-0.15, -0.1) is 0 Å². The first kappa shape index (κ1) is 17.9. The Morgan fingerprint density at radius 1 is 1.24 bits per heavy atom. The average Bonchev–Trinajstić information content (AvgIpc) is 2.94. The molecular weight excluding hydrogens is 342 g/mol. The summed E-state index contributed by atoms with van der Waals surface area (Å²) in [4.78, 5) is 16.7. The number of carbonyl (C=O) groups excluding carboxylic acids is 1. The van der Waals surface area contributed by atoms with Crippen molar-refractivity contribution in [3.63, 3.8) is 0 Å². The molecule has 0 unspecified atom stereocenters. The minimum Gasteiger partial charge on any atom is -0.383 e. The van der Waals surface area contributed by atoms with E-state index in [0.29, 0.717) is 37.4 Å². The molecule has 7 nitrogen and oxygen atoms in total. The van der Waals surface area contributed by atoms with Crippen LogP contribution >= 0.6 is 0 Å². The Bertz CT molecular complexity index is 785. The van der Waals surface area contributed by atoms with Gasteiger partial charge in [0, 0.05) is 38.3 Å². The van der Waals surface area contributed by atoms with E-state index in [2.05, 4.69) is 4.90 Å². The lowest BCUT2D eigenvalue weighted by Gasteiger charge is -2.43. The number of methoxy groups -OCH3 is 1. The van der Waals surface area contributed by atoms with Crippen molar-refractivity contribution < 1.29 is 17.9 Å². The number of rotatable bonds is 4. The molecule has 25 heavy (non-hydrogen) atoms. The number of hydrogen-bond donors (Lipinski definition) is 0. The van der Waals surface area contributed by atoms with Gasteiger partial charge in [-0.3, -0.25) is 9.69 Å². The summed E-state index contributed by atoms with van der Waals surface area (Å²) in [5.41, 5.74) is 0.967. The van der Waals surface area contributed by atoms with E-state index in [1.165, 1.54) is 0 Å². The highest BCUT2D eigenvalue weighted by atomic mass is 32.2. The molecule has 8 heteroatoms. The topological polar surface area (TPSA) is 90.7 Å². The molecule has 1 amide bonds. The zero-order valence-electron chi connectivity index (χ0n) is 14.1. The smallest absolute Gasteiger partial charge is 0.254 e. The van der Waals surface area contributed by atoms with Gasteiger partial charge in [0.25, 0.3) is 5.91 Å². The number of nitrogens with zero attached hydrogens (tertiary/aromatic N) is 3. The molecule has 134 valence electrons. The lowest BCUT2D eigenvalue weighted by Crippen LogP contribution is -2.61. The maximum absolute atomic E-state index is 12.9. The lowest BCUT2D eigenvalue weighted by atomic mass is 10.0. The van der Waals surface area contributed by atoms with Gasteiger partial charge in [0.05, 0.1) is 35.8 Å². The predicted molar refractivity (Wildman–Crippen MR) is 91.9 cm³/mol. The van der Waals surface area contributed by atoms with Crippen LogP contribution in [-0.4, -0.2) is 81.1 Å². The largest absolute Gasteiger partial charge is 0.383 e. The number of sulfone groups is 1. The molecule has 1 aromatic carbocycles. The maximum Gasteiger partial charge on any atom is 0.254 e. The number of carbonyl (C=O) groups is 1. The Morgan fingerprint density at radius 3 is 2.56 bits per heavy atom. The SMILES string of the molecule is COCCN1CCN(C(=O)c2ccc(C#N)cc2)[C@@H]2CS(=O)(=O)C[C@@H]21. The Balaban J connectivity index is 1.82. The molecule has 1 aromatic rings. The molecule has 0 radical (unpaired) electrons. The van der Waals surface area contributed by atoms with Crippen molar-refractivity contribution in [2.45, 2.75) is 12.1 Å². The van der Waals surface area contributed by atoms with E-state index >= 15 is 0 Å². The maximum atomic E-state index is 12.9. The first-order valence-corrected chi connectivity index (χ1v) is 10.0. The summed E-state index contributed by atoms with van der Waals surface area (Å²) in [6.45, 7) is 2.31. The van der Waals surface area contributed by atoms with E-state index in [1.54, 1.807) is 36.3 Å². The van der Waals surface area contributed by atoms with E-state index in [-0.39, 0.29) is 29.5 Å². The lowest BCUT2D eigenvalue weighted by molar-refractivity contribution is 0.0247. The molecular formula is C17H21N3O4S. The van der Waals surface area contributed by atoms with Gasteiger partial charge in [0.1, 0.15) is 0 Å². The second-order valence-corrected chi connectivity index (χ2v) is 8.58. The summed E-state index contributed by atoms with van der Waals surface area (Å²) < 4.78 is 29.5. The van der Waals surface area contributed by atoms with Crippen molar-refractivity contribution in [1.82, 2.24) is 9.80 Å². The van der Waals surface area contributed by atoms with Gasteiger partial charge in [-0.2, -0.15) is 5.26 Å². The molecule has 0 spiro atoms. The number of hydrogen-bond acceptors (Lipinski definition) is 6. The Hall–Kier alpha value is -1.95. The van der Waals surface area contributed by atoms with Gasteiger partial charge in [0.15, 0.2) is 9.84 Å². The molecule has 0 bridgehead atoms. The summed E-state index contributed by atoms with van der Waals surface area (Å²) in [5.74, 6) is -0.0928. The minimum atomic E-state index is -3.17. The molecule has 3 rings (SSSR count). The molecule has 0 aliphatic carbocycles. The van der Waals surface area contributed by atoms with Gasteiger partial charge in [0.2, 0.25) is 0 Å². The fraction of sp³-hybridized carbons (Fsp3) is 0.529. The van der Waals surface area contributed by atoms with Crippen molar-refractivity contribution in [1.29, 1.82) is 5.26 Å². The van der Waals surface area contributed by atoms with Crippen LogP contribution in [0, 0.1) is 11.3 Å². The van der Waals surface area contributed by atoms with Crippen LogP contribution in [0.25, 0.3) is 0 Å². The summed E-state index contributed by atoms with van der Waals surface area (Å²) >= 11 is 0. The first-order valence-electron chi connectivity index (χ1n) is 8.20. The van der Waals surface area contributed by atoms with Crippen molar-refractivity contribution >= 4 is 15.7 Å². The first-order chi connectivity index (χ1) is 11.9. The number of fused-ring (bicyclic) bond motifs is 1. The summed E-state index contributed by atoms with van der Waals surface area (Å²) in [6, 6.07) is 7.95. The van der Waals surface area contributed by atoms with Crippen molar-refractivity contribution in [3.8, 4) is 6.07 Å². The van der Waals surface area contributed by atoms with Crippen molar-refractivity contribution in [2.75, 3.05) is 44.9 Å². The molecule has 2 atom stereocenters. The number of piperazine rings is 1. The van der Waals surface area contributed by atoms with E-state index in [4.69, 9.17) is 10.00 Å². The molecule has 0 aromatic heterocycles. The Kier molecular flexibility index (Phi) is 5.08. The number of benzene rings is 1. The van der Waals surface area contributed by atoms with E-state index in [1.807, 2.05) is 6.07 Å². The van der Waals surface area contributed by atoms with Crippen LogP contribution in [0.1, 0.15) is 15.9 Å². The van der Waals surface area contributed by atoms with Crippen LogP contribution < -0.4 is 0 Å². The van der Waals surface area contributed by atoms with Crippen LogP contribution in [0.5, 0.6) is 0 Å². The number of ether oxygens (including phenoxy) is 1. The third-order valence-corrected chi connectivity index (χ3v) is 6.59. The fourth-order valence-corrected chi connectivity index (χ4v) is 5.63. The van der Waals surface area contributed by atoms with Gasteiger partial charge < -0.3 is 9.64 Å². The Morgan fingerprint density at radius 2 is 1.92 bits per heavy atom. The van der Waals surface area contributed by atoms with Gasteiger partial charge in [-0.1, -0.05) is 0 Å². The molecule has 2 heterocycles. The number of nitriles is 1. The third kappa shape index (κ3) is 3.68. The Labute approximate surface area is 147 Å². The predicted octanol–water partition coefficient (Wildman–Crippen LogP) is 0.128. The third-order valence-electron chi connectivity index (χ3n) is 4.90. The van der Waals surface area contributed by atoms with E-state index in [9.17, 15) is 13.2 Å². The highest BCUT2D eigenvalue weighted by Gasteiger charge is 2.47. The normalized spacial score (nSPS) is 25.4. The van der Waals surface area contributed by atoms with Gasteiger partial charge >= 0.3 is 0 Å². The van der Waals surface area contributed by atoms with Crippen LogP contribution in [0.4, 0.5) is 0 Å². The molecule has 2 saturated heterocycles. The van der Waals surface area contributed by atoms with Crippen LogP contribution in [0.15, 0.2) is 24.3 Å². The highest BCUT2D eigenvalue weighted by Crippen LogP contribution is 2.28. The second-order valence-electron chi connectivity index (χ2n) is 6.43. The van der Waals surface area contributed by atoms with E-state index < -0.39 is 9.84 Å². The second kappa shape index (κ2) is 7.12. The fourth-order valence-electron chi connectivity index (χ4n) is 3.62. The van der Waals surface area contributed by atoms with Crippen LogP contribution in [0.3, 0.4) is 0 Å². The molecule has 2 aliphatic rings. The monoisotopic (exact) mass is 363 g/mol. The zero-order chi connectivity index (χ0) is 18.0. The van der Waals surface area contributed by atoms with Crippen LogP contribution in [0.2, 0.25) is 0 Å². The summed E-state index contributed by atoms with van der Waals surface area (Å²) in [5, 5.41) is 8.87. The van der Waals surface area contributed by atoms with Gasteiger partial charge in [-0.25, -0.2) is 8.42 Å². The average molecular weight is 363 g/mol. The zero-order valence-corrected chi connectivity index (χ0v) is 14.9. The molecule has 0 saturated carbocycles. The highest BCUT2D eigenvalue weighted by molar-refractivity contribution is 7.91. The van der Waals surface area contributed by atoms with Crippen molar-refractivity contribution in [3.05, 3.63) is 35.4 Å². The standard InChI is InChI=1S/C17H21N3O4S/c1-24-9-8-19-6-7-20(16-12-25(22,23)11-15(16)19)17(21)14-4-2-13(10-18)3-5-14/h2-5,15-16H,6-9,11-12H2,1H3/t15-,16+/m0/s1. The number of amides is 1. The molecule has 2 fully saturated rings. The molecule has 0 N–H and O–H groups in total. The summed E-state index contributed by atoms with van der Waals surface area (Å²) in [6.07, 6.45) is 0. The van der Waals surface area contributed by atoms with E-state index in [0.717, 1.165) is 0 Å². The van der Waals surface area contributed by atoms with Crippen molar-refractivity contribution in [2.24, 2.45) is 0 Å². The summed E-state index contributed by atoms with van der Waals surface area (Å²) in [7, 11) is -1.55. The van der Waals surface area contributed by atoms with Crippen LogP contribution in [-0.2, 0) is 14.6 Å². The minimum absolute atomic E-state index is 0.00314.